The Morgan fingerprint density at radius 2 is 2.38 bits per heavy atom. The van der Waals surface area contributed by atoms with Crippen LogP contribution in [0.3, 0.4) is 0 Å². The molecule has 2 N–H and O–H groups in total. The SMILES string of the molecule is NCc1cc(F)c(OC2CC2)cn1. The second kappa shape index (κ2) is 3.30. The summed E-state index contributed by atoms with van der Waals surface area (Å²) in [5, 5.41) is 0. The first-order valence-corrected chi connectivity index (χ1v) is 4.30. The van der Waals surface area contributed by atoms with Gasteiger partial charge in [-0.25, -0.2) is 4.39 Å². The zero-order valence-electron chi connectivity index (χ0n) is 7.16. The number of nitrogens with two attached hydrogens (primary N) is 1. The van der Waals surface area contributed by atoms with Crippen molar-refractivity contribution in [1.82, 2.24) is 4.98 Å². The molecular weight excluding hydrogens is 171 g/mol. The van der Waals surface area contributed by atoms with Gasteiger partial charge in [0.1, 0.15) is 0 Å². The molecule has 70 valence electrons. The highest BCUT2D eigenvalue weighted by atomic mass is 19.1. The number of rotatable bonds is 3. The fourth-order valence-electron chi connectivity index (χ4n) is 1.02. The third-order valence-electron chi connectivity index (χ3n) is 1.90. The Morgan fingerprint density at radius 3 is 2.92 bits per heavy atom. The van der Waals surface area contributed by atoms with Crippen LogP contribution in [0.1, 0.15) is 18.5 Å². The molecule has 3 nitrogen and oxygen atoms in total. The first kappa shape index (κ1) is 8.44. The summed E-state index contributed by atoms with van der Waals surface area (Å²) >= 11 is 0. The monoisotopic (exact) mass is 182 g/mol. The Bertz CT molecular complexity index is 312. The van der Waals surface area contributed by atoms with Gasteiger partial charge >= 0.3 is 0 Å². The van der Waals surface area contributed by atoms with Crippen molar-refractivity contribution in [2.45, 2.75) is 25.5 Å². The maximum atomic E-state index is 13.2. The van der Waals surface area contributed by atoms with Crippen LogP contribution in [0.4, 0.5) is 4.39 Å². The molecule has 0 aliphatic heterocycles. The largest absolute Gasteiger partial charge is 0.486 e. The van der Waals surface area contributed by atoms with Crippen LogP contribution in [0.25, 0.3) is 0 Å². The molecule has 1 aromatic rings. The van der Waals surface area contributed by atoms with Gasteiger partial charge in [-0.1, -0.05) is 0 Å². The molecule has 0 spiro atoms. The van der Waals surface area contributed by atoms with Crippen LogP contribution in [0.15, 0.2) is 12.3 Å². The van der Waals surface area contributed by atoms with Crippen LogP contribution in [0, 0.1) is 5.82 Å². The molecule has 1 aliphatic rings. The van der Waals surface area contributed by atoms with E-state index in [-0.39, 0.29) is 24.2 Å². The second-order valence-corrected chi connectivity index (χ2v) is 3.13. The molecular formula is C9H11FN2O. The summed E-state index contributed by atoms with van der Waals surface area (Å²) in [6.07, 6.45) is 3.62. The highest BCUT2D eigenvalue weighted by molar-refractivity contribution is 5.23. The lowest BCUT2D eigenvalue weighted by atomic mass is 10.3. The van der Waals surface area contributed by atoms with Gasteiger partial charge in [0.2, 0.25) is 0 Å². The first-order chi connectivity index (χ1) is 6.29. The molecule has 1 aromatic heterocycles. The molecule has 0 atom stereocenters. The molecule has 1 aliphatic carbocycles. The Morgan fingerprint density at radius 1 is 1.62 bits per heavy atom. The number of ether oxygens (including phenoxy) is 1. The summed E-state index contributed by atoms with van der Waals surface area (Å²) in [6, 6.07) is 1.32. The van der Waals surface area contributed by atoms with Crippen LogP contribution in [0.2, 0.25) is 0 Å². The van der Waals surface area contributed by atoms with Crippen LogP contribution in [-0.2, 0) is 6.54 Å². The molecule has 0 saturated heterocycles. The Balaban J connectivity index is 2.15. The van der Waals surface area contributed by atoms with E-state index in [1.807, 2.05) is 0 Å². The minimum atomic E-state index is -0.373. The Kier molecular flexibility index (Phi) is 2.14. The number of hydrogen-bond acceptors (Lipinski definition) is 3. The lowest BCUT2D eigenvalue weighted by Gasteiger charge is -2.05. The molecule has 1 fully saturated rings. The van der Waals surface area contributed by atoms with Crippen molar-refractivity contribution in [2.75, 3.05) is 0 Å². The minimum absolute atomic E-state index is 0.194. The second-order valence-electron chi connectivity index (χ2n) is 3.13. The number of pyridine rings is 1. The summed E-state index contributed by atoms with van der Waals surface area (Å²) < 4.78 is 18.5. The molecule has 0 aromatic carbocycles. The van der Waals surface area contributed by atoms with Gasteiger partial charge in [0.15, 0.2) is 11.6 Å². The number of nitrogens with zero attached hydrogens (tertiary/aromatic N) is 1. The Labute approximate surface area is 75.7 Å². The molecule has 1 saturated carbocycles. The van der Waals surface area contributed by atoms with Crippen LogP contribution in [0.5, 0.6) is 5.75 Å². The van der Waals surface area contributed by atoms with Crippen molar-refractivity contribution in [3.63, 3.8) is 0 Å². The average Bonchev–Trinajstić information content (AvgIpc) is 2.92. The van der Waals surface area contributed by atoms with Gasteiger partial charge in [-0.2, -0.15) is 0 Å². The molecule has 0 amide bonds. The van der Waals surface area contributed by atoms with E-state index in [1.165, 1.54) is 12.3 Å². The molecule has 13 heavy (non-hydrogen) atoms. The fraction of sp³-hybridized carbons (Fsp3) is 0.444. The number of hydrogen-bond donors (Lipinski definition) is 1. The summed E-state index contributed by atoms with van der Waals surface area (Å²) in [5.74, 6) is -0.137. The summed E-state index contributed by atoms with van der Waals surface area (Å²) in [6.45, 7) is 0.251. The van der Waals surface area contributed by atoms with E-state index in [9.17, 15) is 4.39 Å². The van der Waals surface area contributed by atoms with E-state index < -0.39 is 0 Å². The number of halogens is 1. The predicted octanol–water partition coefficient (Wildman–Crippen LogP) is 1.22. The molecule has 2 rings (SSSR count). The van der Waals surface area contributed by atoms with Crippen molar-refractivity contribution in [3.05, 3.63) is 23.8 Å². The van der Waals surface area contributed by atoms with Gasteiger partial charge in [-0.15, -0.1) is 0 Å². The zero-order chi connectivity index (χ0) is 9.26. The zero-order valence-corrected chi connectivity index (χ0v) is 7.16. The van der Waals surface area contributed by atoms with E-state index in [0.717, 1.165) is 12.8 Å². The van der Waals surface area contributed by atoms with Crippen molar-refractivity contribution in [1.29, 1.82) is 0 Å². The minimum Gasteiger partial charge on any atom is -0.486 e. The van der Waals surface area contributed by atoms with E-state index >= 15 is 0 Å². The number of aromatic nitrogens is 1. The van der Waals surface area contributed by atoms with Gasteiger partial charge in [-0.05, 0) is 12.8 Å². The van der Waals surface area contributed by atoms with Crippen LogP contribution >= 0.6 is 0 Å². The van der Waals surface area contributed by atoms with E-state index in [1.54, 1.807) is 0 Å². The fourth-order valence-corrected chi connectivity index (χ4v) is 1.02. The molecule has 0 unspecified atom stereocenters. The smallest absolute Gasteiger partial charge is 0.173 e. The molecule has 0 radical (unpaired) electrons. The molecule has 1 heterocycles. The molecule has 4 heteroatoms. The molecule has 0 bridgehead atoms. The lowest BCUT2D eigenvalue weighted by Crippen LogP contribution is -2.03. The van der Waals surface area contributed by atoms with Crippen molar-refractivity contribution >= 4 is 0 Å². The maximum absolute atomic E-state index is 13.2. The predicted molar refractivity (Wildman–Crippen MR) is 45.7 cm³/mol. The maximum Gasteiger partial charge on any atom is 0.173 e. The summed E-state index contributed by atoms with van der Waals surface area (Å²) in [5.41, 5.74) is 5.85. The van der Waals surface area contributed by atoms with Gasteiger partial charge in [-0.3, -0.25) is 4.98 Å². The third-order valence-corrected chi connectivity index (χ3v) is 1.90. The van der Waals surface area contributed by atoms with Gasteiger partial charge in [0.25, 0.3) is 0 Å². The average molecular weight is 182 g/mol. The van der Waals surface area contributed by atoms with E-state index in [0.29, 0.717) is 5.69 Å². The summed E-state index contributed by atoms with van der Waals surface area (Å²) in [4.78, 5) is 3.95. The quantitative estimate of drug-likeness (QED) is 0.764. The Hall–Kier alpha value is -1.16. The highest BCUT2D eigenvalue weighted by Gasteiger charge is 2.24. The van der Waals surface area contributed by atoms with Crippen molar-refractivity contribution in [2.24, 2.45) is 5.73 Å². The van der Waals surface area contributed by atoms with Crippen molar-refractivity contribution in [3.8, 4) is 5.75 Å². The van der Waals surface area contributed by atoms with Gasteiger partial charge in [0, 0.05) is 12.6 Å². The van der Waals surface area contributed by atoms with Crippen LogP contribution < -0.4 is 10.5 Å². The normalized spacial score (nSPS) is 15.8. The van der Waals surface area contributed by atoms with Gasteiger partial charge < -0.3 is 10.5 Å². The third kappa shape index (κ3) is 1.95. The van der Waals surface area contributed by atoms with E-state index in [2.05, 4.69) is 4.98 Å². The first-order valence-electron chi connectivity index (χ1n) is 4.30. The standard InChI is InChI=1S/C9H11FN2O/c10-8-3-6(4-11)12-5-9(8)13-7-1-2-7/h3,5,7H,1-2,4,11H2. The van der Waals surface area contributed by atoms with Gasteiger partial charge in [0.05, 0.1) is 18.0 Å². The topological polar surface area (TPSA) is 48.1 Å². The summed E-state index contributed by atoms with van der Waals surface area (Å²) in [7, 11) is 0. The van der Waals surface area contributed by atoms with Crippen LogP contribution in [-0.4, -0.2) is 11.1 Å². The van der Waals surface area contributed by atoms with E-state index in [4.69, 9.17) is 10.5 Å². The highest BCUT2D eigenvalue weighted by Crippen LogP contribution is 2.27. The van der Waals surface area contributed by atoms with Crippen molar-refractivity contribution < 1.29 is 9.13 Å². The lowest BCUT2D eigenvalue weighted by molar-refractivity contribution is 0.286.